The molecule has 1 aromatic heterocycles. The van der Waals surface area contributed by atoms with Gasteiger partial charge in [-0.15, -0.1) is 0 Å². The molecule has 1 aliphatic rings. The number of likely N-dealkylation sites (tertiary alicyclic amines) is 1. The van der Waals surface area contributed by atoms with E-state index < -0.39 is 0 Å². The Hall–Kier alpha value is -3.22. The second-order valence-electron chi connectivity index (χ2n) is 6.32. The van der Waals surface area contributed by atoms with Crippen LogP contribution in [0.15, 0.2) is 53.1 Å². The minimum absolute atomic E-state index is 0.0553. The average Bonchev–Trinajstić information content (AvgIpc) is 3.31. The first-order chi connectivity index (χ1) is 13.2. The smallest absolute Gasteiger partial charge is 0.249 e. The molecular weight excluding hydrogens is 349 g/mol. The first-order valence-electron chi connectivity index (χ1n) is 8.67. The lowest BCUT2D eigenvalue weighted by Gasteiger charge is -2.22. The summed E-state index contributed by atoms with van der Waals surface area (Å²) in [4.78, 5) is 18.4. The second-order valence-corrected chi connectivity index (χ2v) is 6.32. The molecule has 7 heteroatoms. The van der Waals surface area contributed by atoms with E-state index >= 15 is 0 Å². The molecule has 0 spiro atoms. The average molecular weight is 367 g/mol. The van der Waals surface area contributed by atoms with Crippen LogP contribution >= 0.6 is 0 Å². The number of hydrogen-bond donors (Lipinski definition) is 0. The quantitative estimate of drug-likeness (QED) is 0.687. The minimum atomic E-state index is -0.368. The zero-order chi connectivity index (χ0) is 18.8. The topological polar surface area (TPSA) is 68.5 Å². The van der Waals surface area contributed by atoms with Crippen LogP contribution in [-0.2, 0) is 11.3 Å². The van der Waals surface area contributed by atoms with E-state index in [1.807, 2.05) is 24.3 Å². The highest BCUT2D eigenvalue weighted by molar-refractivity contribution is 5.79. The summed E-state index contributed by atoms with van der Waals surface area (Å²) in [5, 5.41) is 4.05. The summed E-state index contributed by atoms with van der Waals surface area (Å²) in [5.41, 5.74) is 1.17. The van der Waals surface area contributed by atoms with Crippen molar-refractivity contribution in [3.63, 3.8) is 0 Å². The van der Waals surface area contributed by atoms with Crippen molar-refractivity contribution in [2.75, 3.05) is 7.11 Å². The van der Waals surface area contributed by atoms with Crippen molar-refractivity contribution in [1.82, 2.24) is 15.0 Å². The second kappa shape index (κ2) is 7.19. The van der Waals surface area contributed by atoms with Gasteiger partial charge in [0.2, 0.25) is 17.6 Å². The number of hydrogen-bond acceptors (Lipinski definition) is 5. The summed E-state index contributed by atoms with van der Waals surface area (Å²) in [6.07, 6.45) is 0.923. The third-order valence-electron chi connectivity index (χ3n) is 4.70. The molecule has 0 bridgehead atoms. The Balaban J connectivity index is 1.62. The predicted molar refractivity (Wildman–Crippen MR) is 95.2 cm³/mol. The first kappa shape index (κ1) is 17.2. The van der Waals surface area contributed by atoms with E-state index in [-0.39, 0.29) is 24.3 Å². The van der Waals surface area contributed by atoms with E-state index in [0.29, 0.717) is 41.4 Å². The molecule has 27 heavy (non-hydrogen) atoms. The monoisotopic (exact) mass is 367 g/mol. The van der Waals surface area contributed by atoms with Gasteiger partial charge in [0.25, 0.3) is 0 Å². The number of rotatable bonds is 5. The zero-order valence-electron chi connectivity index (χ0n) is 14.8. The predicted octanol–water partition coefficient (Wildman–Crippen LogP) is 3.75. The largest absolute Gasteiger partial charge is 0.496 e. The number of carbonyl (C=O) groups excluding carboxylic acids is 1. The highest BCUT2D eigenvalue weighted by Crippen LogP contribution is 2.35. The molecule has 2 aromatic carbocycles. The van der Waals surface area contributed by atoms with Gasteiger partial charge in [-0.2, -0.15) is 4.98 Å². The molecule has 3 aromatic rings. The molecule has 1 unspecified atom stereocenters. The lowest BCUT2D eigenvalue weighted by Crippen LogP contribution is -2.27. The molecule has 0 radical (unpaired) electrons. The molecule has 0 aliphatic carbocycles. The third kappa shape index (κ3) is 3.28. The van der Waals surface area contributed by atoms with Crippen LogP contribution in [0.5, 0.6) is 5.75 Å². The zero-order valence-corrected chi connectivity index (χ0v) is 14.8. The Bertz CT molecular complexity index is 972. The molecule has 1 fully saturated rings. The van der Waals surface area contributed by atoms with Crippen molar-refractivity contribution >= 4 is 5.91 Å². The maximum atomic E-state index is 14.0. The molecule has 1 atom stereocenters. The number of ether oxygens (including phenoxy) is 1. The number of para-hydroxylation sites is 1. The standard InChI is InChI=1S/C20H18FN3O3/c1-26-17-9-5-3-7-14(17)19-22-20(27-23-19)16-10-11-18(25)24(16)12-13-6-2-4-8-15(13)21/h2-9,16H,10-12H2,1H3. The third-order valence-corrected chi connectivity index (χ3v) is 4.70. The number of aromatic nitrogens is 2. The van der Waals surface area contributed by atoms with Crippen LogP contribution in [0, 0.1) is 5.82 Å². The van der Waals surface area contributed by atoms with Gasteiger partial charge in [-0.25, -0.2) is 4.39 Å². The summed E-state index contributed by atoms with van der Waals surface area (Å²) in [6.45, 7) is 0.169. The van der Waals surface area contributed by atoms with Crippen molar-refractivity contribution < 1.29 is 18.4 Å². The molecule has 6 nitrogen and oxygen atoms in total. The Kier molecular flexibility index (Phi) is 4.58. The van der Waals surface area contributed by atoms with Gasteiger partial charge in [0, 0.05) is 18.5 Å². The Labute approximate surface area is 155 Å². The van der Waals surface area contributed by atoms with Gasteiger partial charge in [0.1, 0.15) is 17.6 Å². The lowest BCUT2D eigenvalue weighted by molar-refractivity contribution is -0.130. The van der Waals surface area contributed by atoms with Crippen molar-refractivity contribution in [1.29, 1.82) is 0 Å². The van der Waals surface area contributed by atoms with E-state index in [4.69, 9.17) is 9.26 Å². The van der Waals surface area contributed by atoms with Crippen molar-refractivity contribution in [2.45, 2.75) is 25.4 Å². The van der Waals surface area contributed by atoms with Crippen LogP contribution in [0.3, 0.4) is 0 Å². The van der Waals surface area contributed by atoms with Crippen LogP contribution in [0.2, 0.25) is 0 Å². The molecule has 1 saturated heterocycles. The van der Waals surface area contributed by atoms with Crippen molar-refractivity contribution in [2.24, 2.45) is 0 Å². The summed E-state index contributed by atoms with van der Waals surface area (Å²) < 4.78 is 24.8. The van der Waals surface area contributed by atoms with Gasteiger partial charge in [-0.1, -0.05) is 35.5 Å². The number of halogens is 1. The summed E-state index contributed by atoms with van der Waals surface area (Å²) >= 11 is 0. The van der Waals surface area contributed by atoms with Gasteiger partial charge in [-0.05, 0) is 24.6 Å². The molecule has 1 amide bonds. The van der Waals surface area contributed by atoms with Crippen LogP contribution in [0.25, 0.3) is 11.4 Å². The number of amides is 1. The Morgan fingerprint density at radius 2 is 2.00 bits per heavy atom. The number of carbonyl (C=O) groups is 1. The Morgan fingerprint density at radius 1 is 1.22 bits per heavy atom. The molecule has 0 saturated carbocycles. The highest BCUT2D eigenvalue weighted by atomic mass is 19.1. The van der Waals surface area contributed by atoms with Crippen molar-refractivity contribution in [3.8, 4) is 17.1 Å². The van der Waals surface area contributed by atoms with Gasteiger partial charge < -0.3 is 14.2 Å². The maximum Gasteiger partial charge on any atom is 0.249 e. The van der Waals surface area contributed by atoms with Crippen LogP contribution in [0.1, 0.15) is 30.3 Å². The molecule has 2 heterocycles. The van der Waals surface area contributed by atoms with Crippen LogP contribution < -0.4 is 4.74 Å². The molecule has 4 rings (SSSR count). The normalized spacial score (nSPS) is 16.7. The lowest BCUT2D eigenvalue weighted by atomic mass is 10.1. The van der Waals surface area contributed by atoms with Crippen LogP contribution in [0.4, 0.5) is 4.39 Å². The number of benzene rings is 2. The van der Waals surface area contributed by atoms with Gasteiger partial charge >= 0.3 is 0 Å². The number of nitrogens with zero attached hydrogens (tertiary/aromatic N) is 3. The van der Waals surface area contributed by atoms with Crippen LogP contribution in [-0.4, -0.2) is 28.1 Å². The van der Waals surface area contributed by atoms with E-state index in [1.165, 1.54) is 6.07 Å². The van der Waals surface area contributed by atoms with E-state index in [0.717, 1.165) is 0 Å². The van der Waals surface area contributed by atoms with Gasteiger partial charge in [0.05, 0.1) is 12.7 Å². The maximum absolute atomic E-state index is 14.0. The summed E-state index contributed by atoms with van der Waals surface area (Å²) in [7, 11) is 1.58. The minimum Gasteiger partial charge on any atom is -0.496 e. The summed E-state index contributed by atoms with van der Waals surface area (Å²) in [6, 6.07) is 13.4. The number of methoxy groups -OCH3 is 1. The first-order valence-corrected chi connectivity index (χ1v) is 8.67. The SMILES string of the molecule is COc1ccccc1-c1noc(C2CCC(=O)N2Cc2ccccc2F)n1. The van der Waals surface area contributed by atoms with Gasteiger partial charge in [0.15, 0.2) is 0 Å². The highest BCUT2D eigenvalue weighted by Gasteiger charge is 2.36. The molecule has 0 N–H and O–H groups in total. The Morgan fingerprint density at radius 3 is 2.81 bits per heavy atom. The van der Waals surface area contributed by atoms with E-state index in [1.54, 1.807) is 30.2 Å². The van der Waals surface area contributed by atoms with Crippen molar-refractivity contribution in [3.05, 3.63) is 65.8 Å². The summed E-state index contributed by atoms with van der Waals surface area (Å²) in [5.74, 6) is 0.984. The fourth-order valence-electron chi connectivity index (χ4n) is 3.31. The van der Waals surface area contributed by atoms with E-state index in [2.05, 4.69) is 10.1 Å². The van der Waals surface area contributed by atoms with Gasteiger partial charge in [-0.3, -0.25) is 4.79 Å². The molecular formula is C20H18FN3O3. The molecule has 1 aliphatic heterocycles. The molecule has 138 valence electrons. The van der Waals surface area contributed by atoms with E-state index in [9.17, 15) is 9.18 Å². The fraction of sp³-hybridized carbons (Fsp3) is 0.250. The fourth-order valence-corrected chi connectivity index (χ4v) is 3.31.